The summed E-state index contributed by atoms with van der Waals surface area (Å²) in [5.74, 6) is 0.591. The second kappa shape index (κ2) is 8.35. The largest absolute Gasteiger partial charge is 0.496 e. The van der Waals surface area contributed by atoms with Gasteiger partial charge in [0.25, 0.3) is 0 Å². The van der Waals surface area contributed by atoms with Gasteiger partial charge in [-0.15, -0.1) is 0 Å². The quantitative estimate of drug-likeness (QED) is 0.894. The van der Waals surface area contributed by atoms with Crippen molar-refractivity contribution in [3.63, 3.8) is 0 Å². The molecule has 3 rings (SSSR count). The molecule has 5 heteroatoms. The maximum Gasteiger partial charge on any atom is 0.225 e. The average molecular weight is 341 g/mol. The molecule has 2 aliphatic rings. The van der Waals surface area contributed by atoms with Gasteiger partial charge in [-0.05, 0) is 31.9 Å². The van der Waals surface area contributed by atoms with Crippen molar-refractivity contribution >= 4 is 5.91 Å². The van der Waals surface area contributed by atoms with Gasteiger partial charge in [0.15, 0.2) is 0 Å². The highest BCUT2D eigenvalue weighted by atomic mass is 16.5. The van der Waals surface area contributed by atoms with E-state index in [1.165, 1.54) is 32.1 Å². The van der Waals surface area contributed by atoms with Crippen molar-refractivity contribution in [3.8, 4) is 11.8 Å². The van der Waals surface area contributed by atoms with Crippen molar-refractivity contribution in [1.82, 2.24) is 10.2 Å². The summed E-state index contributed by atoms with van der Waals surface area (Å²) in [4.78, 5) is 15.2. The van der Waals surface area contributed by atoms with Gasteiger partial charge in [-0.3, -0.25) is 9.69 Å². The normalized spacial score (nSPS) is 23.0. The molecule has 25 heavy (non-hydrogen) atoms. The minimum absolute atomic E-state index is 0.0178. The van der Waals surface area contributed by atoms with Crippen LogP contribution in [0.2, 0.25) is 0 Å². The van der Waals surface area contributed by atoms with Crippen molar-refractivity contribution in [1.29, 1.82) is 5.26 Å². The van der Waals surface area contributed by atoms with Crippen LogP contribution in [0.5, 0.6) is 5.75 Å². The average Bonchev–Trinajstić information content (AvgIpc) is 3.17. The van der Waals surface area contributed by atoms with Gasteiger partial charge >= 0.3 is 0 Å². The number of nitrogens with zero attached hydrogens (tertiary/aromatic N) is 2. The Hall–Kier alpha value is -2.06. The first kappa shape index (κ1) is 17.8. The topological polar surface area (TPSA) is 65.4 Å². The smallest absolute Gasteiger partial charge is 0.225 e. The summed E-state index contributed by atoms with van der Waals surface area (Å²) in [6, 6.07) is 9.52. The Labute approximate surface area is 150 Å². The van der Waals surface area contributed by atoms with Crippen LogP contribution < -0.4 is 10.1 Å². The lowest BCUT2D eigenvalue weighted by molar-refractivity contribution is -0.125. The Morgan fingerprint density at radius 1 is 1.28 bits per heavy atom. The van der Waals surface area contributed by atoms with E-state index in [0.717, 1.165) is 19.5 Å². The van der Waals surface area contributed by atoms with E-state index in [1.54, 1.807) is 7.11 Å². The van der Waals surface area contributed by atoms with Crippen molar-refractivity contribution in [2.45, 2.75) is 50.6 Å². The number of nitriles is 1. The minimum atomic E-state index is -0.674. The number of nitrogens with one attached hydrogen (secondary N) is 1. The molecule has 0 unspecified atom stereocenters. The molecule has 1 aliphatic carbocycles. The standard InChI is InChI=1S/C20H27N3O2/c1-25-19-10-6-5-9-17(19)18(13-21)22-20(24)15-11-12-23(14-15)16-7-3-2-4-8-16/h5-6,9-10,15-16,18H,2-4,7-8,11-12,14H2,1H3,(H,22,24)/t15-,18-/m1/s1. The Balaban J connectivity index is 1.60. The van der Waals surface area contributed by atoms with Crippen molar-refractivity contribution < 1.29 is 9.53 Å². The van der Waals surface area contributed by atoms with Crippen molar-refractivity contribution in [3.05, 3.63) is 29.8 Å². The van der Waals surface area contributed by atoms with E-state index >= 15 is 0 Å². The van der Waals surface area contributed by atoms with Gasteiger partial charge in [-0.1, -0.05) is 37.5 Å². The van der Waals surface area contributed by atoms with Gasteiger partial charge in [0.2, 0.25) is 5.91 Å². The molecule has 1 aliphatic heterocycles. The molecule has 2 fully saturated rings. The molecular weight excluding hydrogens is 314 g/mol. The summed E-state index contributed by atoms with van der Waals surface area (Å²) >= 11 is 0. The number of benzene rings is 1. The molecule has 1 aromatic rings. The van der Waals surface area contributed by atoms with Crippen molar-refractivity contribution in [2.24, 2.45) is 5.92 Å². The number of ether oxygens (including phenoxy) is 1. The zero-order valence-corrected chi connectivity index (χ0v) is 14.9. The molecule has 0 radical (unpaired) electrons. The Morgan fingerprint density at radius 2 is 2.04 bits per heavy atom. The SMILES string of the molecule is COc1ccccc1[C@@H](C#N)NC(=O)[C@@H]1CCN(C2CCCCC2)C1. The van der Waals surface area contributed by atoms with Crippen LogP contribution in [0.15, 0.2) is 24.3 Å². The van der Waals surface area contributed by atoms with Crippen LogP contribution in [-0.4, -0.2) is 37.0 Å². The Bertz CT molecular complexity index is 634. The number of likely N-dealkylation sites (tertiary alicyclic amines) is 1. The molecular formula is C20H27N3O2. The second-order valence-corrected chi connectivity index (χ2v) is 7.09. The third-order valence-corrected chi connectivity index (χ3v) is 5.55. The van der Waals surface area contributed by atoms with Crippen LogP contribution >= 0.6 is 0 Å². The van der Waals surface area contributed by atoms with E-state index < -0.39 is 6.04 Å². The Morgan fingerprint density at radius 3 is 2.76 bits per heavy atom. The molecule has 1 aromatic carbocycles. The van der Waals surface area contributed by atoms with Crippen molar-refractivity contribution in [2.75, 3.05) is 20.2 Å². The summed E-state index contributed by atoms with van der Waals surface area (Å²) < 4.78 is 5.32. The van der Waals surface area contributed by atoms with Crippen LogP contribution in [0.3, 0.4) is 0 Å². The first-order valence-electron chi connectivity index (χ1n) is 9.30. The Kier molecular flexibility index (Phi) is 5.93. The molecule has 1 heterocycles. The third kappa shape index (κ3) is 4.13. The predicted octanol–water partition coefficient (Wildman–Crippen LogP) is 3.03. The zero-order valence-electron chi connectivity index (χ0n) is 14.9. The molecule has 0 aromatic heterocycles. The number of para-hydroxylation sites is 1. The highest BCUT2D eigenvalue weighted by Gasteiger charge is 2.33. The van der Waals surface area contributed by atoms with Crippen LogP contribution in [-0.2, 0) is 4.79 Å². The van der Waals surface area contributed by atoms with E-state index in [-0.39, 0.29) is 11.8 Å². The summed E-state index contributed by atoms with van der Waals surface area (Å²) in [6.45, 7) is 1.81. The summed E-state index contributed by atoms with van der Waals surface area (Å²) in [7, 11) is 1.58. The van der Waals surface area contributed by atoms with Gasteiger partial charge in [0, 0.05) is 18.2 Å². The number of hydrogen-bond donors (Lipinski definition) is 1. The molecule has 1 saturated carbocycles. The highest BCUT2D eigenvalue weighted by molar-refractivity contribution is 5.80. The van der Waals surface area contributed by atoms with Gasteiger partial charge in [0.1, 0.15) is 11.8 Å². The van der Waals surface area contributed by atoms with Crippen LogP contribution in [0.25, 0.3) is 0 Å². The fourth-order valence-corrected chi connectivity index (χ4v) is 4.12. The van der Waals surface area contributed by atoms with Crippen LogP contribution in [0.4, 0.5) is 0 Å². The third-order valence-electron chi connectivity index (χ3n) is 5.55. The molecule has 0 bridgehead atoms. The van der Waals surface area contributed by atoms with E-state index in [4.69, 9.17) is 4.74 Å². The first-order valence-corrected chi connectivity index (χ1v) is 9.30. The number of methoxy groups -OCH3 is 1. The lowest BCUT2D eigenvalue weighted by atomic mass is 9.94. The lowest BCUT2D eigenvalue weighted by Gasteiger charge is -2.31. The van der Waals surface area contributed by atoms with Gasteiger partial charge in [0.05, 0.1) is 19.1 Å². The van der Waals surface area contributed by atoms with E-state index in [1.807, 2.05) is 24.3 Å². The van der Waals surface area contributed by atoms with Crippen LogP contribution in [0, 0.1) is 17.2 Å². The molecule has 2 atom stereocenters. The molecule has 1 N–H and O–H groups in total. The van der Waals surface area contributed by atoms with Crippen LogP contribution in [0.1, 0.15) is 50.1 Å². The molecule has 134 valence electrons. The highest BCUT2D eigenvalue weighted by Crippen LogP contribution is 2.29. The number of rotatable bonds is 5. The van der Waals surface area contributed by atoms with E-state index in [9.17, 15) is 10.1 Å². The maximum absolute atomic E-state index is 12.7. The first-order chi connectivity index (χ1) is 12.2. The van der Waals surface area contributed by atoms with Gasteiger partial charge < -0.3 is 10.1 Å². The number of amides is 1. The number of hydrogen-bond acceptors (Lipinski definition) is 4. The molecule has 1 amide bonds. The molecule has 1 saturated heterocycles. The summed E-state index contributed by atoms with van der Waals surface area (Å²) in [5.41, 5.74) is 0.711. The van der Waals surface area contributed by atoms with E-state index in [2.05, 4.69) is 16.3 Å². The zero-order chi connectivity index (χ0) is 17.6. The lowest BCUT2D eigenvalue weighted by Crippen LogP contribution is -2.38. The number of carbonyl (C=O) groups excluding carboxylic acids is 1. The minimum Gasteiger partial charge on any atom is -0.496 e. The van der Waals surface area contributed by atoms with Gasteiger partial charge in [-0.2, -0.15) is 5.26 Å². The molecule has 5 nitrogen and oxygen atoms in total. The second-order valence-electron chi connectivity index (χ2n) is 7.09. The fraction of sp³-hybridized carbons (Fsp3) is 0.600. The van der Waals surface area contributed by atoms with E-state index in [0.29, 0.717) is 17.4 Å². The maximum atomic E-state index is 12.7. The fourth-order valence-electron chi connectivity index (χ4n) is 4.12. The summed E-state index contributed by atoms with van der Waals surface area (Å²) in [6.07, 6.45) is 7.36. The monoisotopic (exact) mass is 341 g/mol. The molecule has 0 spiro atoms. The number of carbonyl (C=O) groups is 1. The summed E-state index contributed by atoms with van der Waals surface area (Å²) in [5, 5.41) is 12.4. The predicted molar refractivity (Wildman–Crippen MR) is 96.0 cm³/mol. The van der Waals surface area contributed by atoms with Gasteiger partial charge in [-0.25, -0.2) is 0 Å².